The first-order valence-corrected chi connectivity index (χ1v) is 7.20. The van der Waals surface area contributed by atoms with Crippen molar-refractivity contribution in [1.29, 1.82) is 0 Å². The molecular weight excluding hydrogens is 241 g/mol. The van der Waals surface area contributed by atoms with E-state index in [1.807, 2.05) is 19.1 Å². The van der Waals surface area contributed by atoms with Crippen molar-refractivity contribution in [3.05, 3.63) is 35.1 Å². The van der Waals surface area contributed by atoms with Crippen LogP contribution in [0.15, 0.2) is 18.2 Å². The molecule has 0 saturated carbocycles. The number of hydrogen-bond acceptors (Lipinski definition) is 2. The average molecular weight is 265 g/mol. The molecule has 0 bridgehead atoms. The van der Waals surface area contributed by atoms with Gasteiger partial charge in [-0.15, -0.1) is 0 Å². The maximum atomic E-state index is 13.4. The second-order valence-corrected chi connectivity index (χ2v) is 5.66. The van der Waals surface area contributed by atoms with Crippen LogP contribution in [-0.2, 0) is 4.74 Å². The van der Waals surface area contributed by atoms with Gasteiger partial charge in [0.2, 0.25) is 0 Å². The van der Waals surface area contributed by atoms with Gasteiger partial charge in [-0.05, 0) is 56.8 Å². The molecule has 1 heterocycles. The van der Waals surface area contributed by atoms with E-state index in [0.717, 1.165) is 38.0 Å². The summed E-state index contributed by atoms with van der Waals surface area (Å²) in [5, 5.41) is 3.57. The van der Waals surface area contributed by atoms with Crippen LogP contribution in [-0.4, -0.2) is 18.8 Å². The van der Waals surface area contributed by atoms with E-state index in [1.165, 1.54) is 0 Å². The van der Waals surface area contributed by atoms with Crippen LogP contribution in [0.25, 0.3) is 0 Å². The molecule has 106 valence electrons. The van der Waals surface area contributed by atoms with Gasteiger partial charge in [-0.2, -0.15) is 0 Å². The highest BCUT2D eigenvalue weighted by Gasteiger charge is 2.39. The third kappa shape index (κ3) is 3.15. The number of ether oxygens (including phenoxy) is 1. The highest BCUT2D eigenvalue weighted by atomic mass is 19.1. The summed E-state index contributed by atoms with van der Waals surface area (Å²) in [6.45, 7) is 7.89. The molecule has 0 amide bonds. The Morgan fingerprint density at radius 2 is 2.26 bits per heavy atom. The Morgan fingerprint density at radius 1 is 1.47 bits per heavy atom. The van der Waals surface area contributed by atoms with Crippen molar-refractivity contribution in [1.82, 2.24) is 5.32 Å². The highest BCUT2D eigenvalue weighted by molar-refractivity contribution is 5.28. The van der Waals surface area contributed by atoms with Crippen LogP contribution in [0.3, 0.4) is 0 Å². The molecule has 1 saturated heterocycles. The predicted octanol–water partition coefficient (Wildman–Crippen LogP) is 3.74. The second kappa shape index (κ2) is 6.02. The van der Waals surface area contributed by atoms with Gasteiger partial charge in [-0.1, -0.05) is 19.1 Å². The zero-order chi connectivity index (χ0) is 13.9. The summed E-state index contributed by atoms with van der Waals surface area (Å²) < 4.78 is 19.4. The summed E-state index contributed by atoms with van der Waals surface area (Å²) in [6, 6.07) is 5.51. The average Bonchev–Trinajstić information content (AvgIpc) is 2.82. The van der Waals surface area contributed by atoms with Crippen molar-refractivity contribution < 1.29 is 9.13 Å². The van der Waals surface area contributed by atoms with Crippen LogP contribution >= 0.6 is 0 Å². The summed E-state index contributed by atoms with van der Waals surface area (Å²) in [5.74, 6) is -0.143. The van der Waals surface area contributed by atoms with E-state index < -0.39 is 0 Å². The molecule has 0 aliphatic carbocycles. The minimum atomic E-state index is -0.181. The maximum Gasteiger partial charge on any atom is 0.126 e. The quantitative estimate of drug-likeness (QED) is 0.875. The van der Waals surface area contributed by atoms with Crippen molar-refractivity contribution >= 4 is 0 Å². The number of halogens is 1. The van der Waals surface area contributed by atoms with Gasteiger partial charge in [-0.3, -0.25) is 0 Å². The Kier molecular flexibility index (Phi) is 4.58. The van der Waals surface area contributed by atoms with E-state index in [1.54, 1.807) is 6.07 Å². The normalized spacial score (nSPS) is 24.6. The molecule has 0 radical (unpaired) electrons. The smallest absolute Gasteiger partial charge is 0.126 e. The Balaban J connectivity index is 2.28. The third-order valence-corrected chi connectivity index (χ3v) is 3.97. The zero-order valence-electron chi connectivity index (χ0n) is 12.1. The van der Waals surface area contributed by atoms with Gasteiger partial charge >= 0.3 is 0 Å². The maximum absolute atomic E-state index is 13.4. The lowest BCUT2D eigenvalue weighted by molar-refractivity contribution is -0.0125. The van der Waals surface area contributed by atoms with Crippen molar-refractivity contribution in [2.45, 2.75) is 51.7 Å². The Bertz CT molecular complexity index is 427. The van der Waals surface area contributed by atoms with E-state index in [9.17, 15) is 4.39 Å². The minimum absolute atomic E-state index is 0.134. The zero-order valence-corrected chi connectivity index (χ0v) is 12.1. The van der Waals surface area contributed by atoms with Crippen molar-refractivity contribution in [3.63, 3.8) is 0 Å². The summed E-state index contributed by atoms with van der Waals surface area (Å²) in [4.78, 5) is 0. The van der Waals surface area contributed by atoms with E-state index >= 15 is 0 Å². The molecule has 2 unspecified atom stereocenters. The molecule has 19 heavy (non-hydrogen) atoms. The summed E-state index contributed by atoms with van der Waals surface area (Å²) >= 11 is 0. The fraction of sp³-hybridized carbons (Fsp3) is 0.625. The van der Waals surface area contributed by atoms with Crippen LogP contribution < -0.4 is 5.32 Å². The van der Waals surface area contributed by atoms with Gasteiger partial charge in [0.25, 0.3) is 0 Å². The Labute approximate surface area is 115 Å². The van der Waals surface area contributed by atoms with Crippen LogP contribution in [0.1, 0.15) is 50.3 Å². The summed E-state index contributed by atoms with van der Waals surface area (Å²) in [7, 11) is 0. The van der Waals surface area contributed by atoms with Crippen LogP contribution in [0.4, 0.5) is 4.39 Å². The lowest BCUT2D eigenvalue weighted by Crippen LogP contribution is -2.41. The van der Waals surface area contributed by atoms with E-state index in [4.69, 9.17) is 4.74 Å². The number of rotatable bonds is 5. The van der Waals surface area contributed by atoms with Gasteiger partial charge in [-0.25, -0.2) is 4.39 Å². The first-order chi connectivity index (χ1) is 9.07. The number of nitrogens with one attached hydrogen (secondary N) is 1. The van der Waals surface area contributed by atoms with Gasteiger partial charge in [0.15, 0.2) is 0 Å². The summed E-state index contributed by atoms with van der Waals surface area (Å²) in [6.07, 6.45) is 3.22. The van der Waals surface area contributed by atoms with Crippen LogP contribution in [0.2, 0.25) is 0 Å². The topological polar surface area (TPSA) is 21.3 Å². The molecule has 1 aliphatic heterocycles. The fourth-order valence-corrected chi connectivity index (χ4v) is 2.85. The highest BCUT2D eigenvalue weighted by Crippen LogP contribution is 2.37. The molecule has 1 fully saturated rings. The standard InChI is InChI=1S/C16H24FNO/c1-4-9-18-15(16(3)8-5-10-19-16)13-6-7-14(17)12(2)11-13/h6-7,11,15,18H,4-5,8-10H2,1-3H3. The van der Waals surface area contributed by atoms with E-state index in [-0.39, 0.29) is 17.5 Å². The van der Waals surface area contributed by atoms with Crippen LogP contribution in [0, 0.1) is 12.7 Å². The second-order valence-electron chi connectivity index (χ2n) is 5.66. The predicted molar refractivity (Wildman–Crippen MR) is 75.8 cm³/mol. The molecule has 3 heteroatoms. The molecule has 1 N–H and O–H groups in total. The first kappa shape index (κ1) is 14.5. The SMILES string of the molecule is CCCNC(c1ccc(F)c(C)c1)C1(C)CCCO1. The van der Waals surface area contributed by atoms with Gasteiger partial charge in [0.1, 0.15) is 5.82 Å². The molecule has 0 aromatic heterocycles. The van der Waals surface area contributed by atoms with E-state index in [0.29, 0.717) is 5.56 Å². The molecule has 1 aromatic rings. The molecule has 1 aromatic carbocycles. The molecule has 0 spiro atoms. The third-order valence-electron chi connectivity index (χ3n) is 3.97. The van der Waals surface area contributed by atoms with Crippen molar-refractivity contribution in [2.75, 3.05) is 13.2 Å². The van der Waals surface area contributed by atoms with Gasteiger partial charge < -0.3 is 10.1 Å². The number of hydrogen-bond donors (Lipinski definition) is 1. The lowest BCUT2D eigenvalue weighted by atomic mass is 9.87. The summed E-state index contributed by atoms with van der Waals surface area (Å²) in [5.41, 5.74) is 1.64. The van der Waals surface area contributed by atoms with Crippen molar-refractivity contribution in [2.24, 2.45) is 0 Å². The fourth-order valence-electron chi connectivity index (χ4n) is 2.85. The number of aryl methyl sites for hydroxylation is 1. The first-order valence-electron chi connectivity index (χ1n) is 7.20. The van der Waals surface area contributed by atoms with E-state index in [2.05, 4.69) is 19.2 Å². The van der Waals surface area contributed by atoms with Crippen molar-refractivity contribution in [3.8, 4) is 0 Å². The Hall–Kier alpha value is -0.930. The molecule has 1 aliphatic rings. The van der Waals surface area contributed by atoms with Gasteiger partial charge in [0, 0.05) is 6.61 Å². The molecule has 2 nitrogen and oxygen atoms in total. The largest absolute Gasteiger partial charge is 0.373 e. The molecular formula is C16H24FNO. The van der Waals surface area contributed by atoms with Gasteiger partial charge in [0.05, 0.1) is 11.6 Å². The number of benzene rings is 1. The molecule has 2 rings (SSSR count). The molecule has 2 atom stereocenters. The monoisotopic (exact) mass is 265 g/mol. The Morgan fingerprint density at radius 3 is 2.84 bits per heavy atom. The minimum Gasteiger partial charge on any atom is -0.373 e. The van der Waals surface area contributed by atoms with Crippen LogP contribution in [0.5, 0.6) is 0 Å². The lowest BCUT2D eigenvalue weighted by Gasteiger charge is -2.34.